The van der Waals surface area contributed by atoms with Crippen LogP contribution in [0.1, 0.15) is 28.5 Å². The number of aromatic nitrogens is 2. The smallest absolute Gasteiger partial charge is 0.277 e. The van der Waals surface area contributed by atoms with Crippen molar-refractivity contribution >= 4 is 17.5 Å². The third kappa shape index (κ3) is 4.07. The van der Waals surface area contributed by atoms with Crippen LogP contribution in [0.3, 0.4) is 0 Å². The Morgan fingerprint density at radius 3 is 2.54 bits per heavy atom. The first-order valence-corrected chi connectivity index (χ1v) is 11.3. The van der Waals surface area contributed by atoms with Crippen LogP contribution >= 0.6 is 0 Å². The lowest BCUT2D eigenvalue weighted by molar-refractivity contribution is -0.126. The first-order chi connectivity index (χ1) is 16.9. The van der Waals surface area contributed by atoms with Gasteiger partial charge in [0.15, 0.2) is 5.76 Å². The number of hydrogen-bond acceptors (Lipinski definition) is 5. The number of methoxy groups -OCH3 is 1. The van der Waals surface area contributed by atoms with Gasteiger partial charge in [0.2, 0.25) is 5.91 Å². The zero-order valence-corrected chi connectivity index (χ0v) is 19.8. The molecule has 3 heterocycles. The lowest BCUT2D eigenvalue weighted by atomic mass is 9.93. The number of furan rings is 1. The van der Waals surface area contributed by atoms with Crippen molar-refractivity contribution in [1.82, 2.24) is 15.1 Å². The predicted molar refractivity (Wildman–Crippen MR) is 131 cm³/mol. The van der Waals surface area contributed by atoms with Gasteiger partial charge in [0.25, 0.3) is 5.91 Å². The molecule has 2 amide bonds. The Labute approximate surface area is 203 Å². The van der Waals surface area contributed by atoms with Crippen LogP contribution in [0, 0.1) is 6.92 Å². The Morgan fingerprint density at radius 1 is 1.14 bits per heavy atom. The number of benzene rings is 2. The Bertz CT molecular complexity index is 1360. The summed E-state index contributed by atoms with van der Waals surface area (Å²) in [4.78, 5) is 29.0. The first kappa shape index (κ1) is 22.5. The highest BCUT2D eigenvalue weighted by Crippen LogP contribution is 2.35. The molecule has 35 heavy (non-hydrogen) atoms. The standard InChI is InChI=1S/C27H26N4O4/c1-18-6-8-19(9-7-18)16-28-26(33)27(2)17-30-23(15-22(29-30)24-5-4-14-35-24)25(32)31(27)20-10-12-21(34-3)13-11-20/h4-15H,16-17H2,1-3H3,(H,28,33). The molecule has 0 saturated carbocycles. The molecule has 8 nitrogen and oxygen atoms in total. The maximum Gasteiger partial charge on any atom is 0.277 e. The van der Waals surface area contributed by atoms with Crippen LogP contribution in [-0.2, 0) is 17.9 Å². The van der Waals surface area contributed by atoms with Gasteiger partial charge < -0.3 is 14.5 Å². The molecule has 178 valence electrons. The largest absolute Gasteiger partial charge is 0.497 e. The number of anilines is 1. The number of nitrogens with one attached hydrogen (secondary N) is 1. The van der Waals surface area contributed by atoms with Crippen molar-refractivity contribution < 1.29 is 18.7 Å². The molecule has 0 spiro atoms. The van der Waals surface area contributed by atoms with Crippen LogP contribution in [0.2, 0.25) is 0 Å². The highest BCUT2D eigenvalue weighted by molar-refractivity contribution is 6.12. The summed E-state index contributed by atoms with van der Waals surface area (Å²) >= 11 is 0. The third-order valence-corrected chi connectivity index (χ3v) is 6.32. The second-order valence-corrected chi connectivity index (χ2v) is 8.83. The lowest BCUT2D eigenvalue weighted by Crippen LogP contribution is -2.64. The Kier molecular flexibility index (Phi) is 5.64. The van der Waals surface area contributed by atoms with Gasteiger partial charge in [-0.2, -0.15) is 5.10 Å². The average molecular weight is 471 g/mol. The molecule has 1 atom stereocenters. The number of carbonyl (C=O) groups is 2. The van der Waals surface area contributed by atoms with Crippen molar-refractivity contribution in [3.05, 3.63) is 89.8 Å². The molecule has 0 bridgehead atoms. The second-order valence-electron chi connectivity index (χ2n) is 8.83. The van der Waals surface area contributed by atoms with Gasteiger partial charge in [-0.1, -0.05) is 29.8 Å². The number of carbonyl (C=O) groups excluding carboxylic acids is 2. The van der Waals surface area contributed by atoms with E-state index in [2.05, 4.69) is 10.4 Å². The number of hydrogen-bond donors (Lipinski definition) is 1. The number of rotatable bonds is 6. The van der Waals surface area contributed by atoms with Crippen molar-refractivity contribution in [2.24, 2.45) is 0 Å². The normalized spacial score (nSPS) is 17.2. The molecule has 0 radical (unpaired) electrons. The summed E-state index contributed by atoms with van der Waals surface area (Å²) < 4.78 is 12.3. The summed E-state index contributed by atoms with van der Waals surface area (Å²) in [5, 5.41) is 7.60. The van der Waals surface area contributed by atoms with Crippen molar-refractivity contribution in [2.45, 2.75) is 32.5 Å². The van der Waals surface area contributed by atoms with Gasteiger partial charge in [-0.15, -0.1) is 0 Å². The first-order valence-electron chi connectivity index (χ1n) is 11.3. The predicted octanol–water partition coefficient (Wildman–Crippen LogP) is 4.20. The monoisotopic (exact) mass is 470 g/mol. The molecule has 2 aromatic heterocycles. The Balaban J connectivity index is 1.52. The number of amides is 2. The van der Waals surface area contributed by atoms with Crippen LogP contribution in [0.4, 0.5) is 5.69 Å². The van der Waals surface area contributed by atoms with Crippen molar-refractivity contribution in [1.29, 1.82) is 0 Å². The van der Waals surface area contributed by atoms with E-state index in [1.165, 1.54) is 0 Å². The molecule has 1 unspecified atom stereocenters. The molecule has 1 aliphatic rings. The molecule has 0 fully saturated rings. The van der Waals surface area contributed by atoms with Gasteiger partial charge in [-0.25, -0.2) is 0 Å². The topological polar surface area (TPSA) is 89.6 Å². The zero-order valence-electron chi connectivity index (χ0n) is 19.8. The molecule has 8 heteroatoms. The number of fused-ring (bicyclic) bond motifs is 1. The molecular formula is C27H26N4O4. The van der Waals surface area contributed by atoms with Crippen LogP contribution in [0.25, 0.3) is 11.5 Å². The molecule has 2 aromatic carbocycles. The van der Waals surface area contributed by atoms with Gasteiger partial charge in [-0.05, 0) is 55.8 Å². The zero-order chi connectivity index (χ0) is 24.6. The minimum Gasteiger partial charge on any atom is -0.497 e. The van der Waals surface area contributed by atoms with E-state index < -0.39 is 5.54 Å². The van der Waals surface area contributed by atoms with E-state index in [0.717, 1.165) is 11.1 Å². The van der Waals surface area contributed by atoms with Crippen molar-refractivity contribution in [3.8, 4) is 17.2 Å². The van der Waals surface area contributed by atoms with E-state index >= 15 is 0 Å². The Hall–Kier alpha value is -4.33. The van der Waals surface area contributed by atoms with Crippen LogP contribution in [-0.4, -0.2) is 34.2 Å². The van der Waals surface area contributed by atoms with Crippen LogP contribution in [0.15, 0.2) is 77.4 Å². The summed E-state index contributed by atoms with van der Waals surface area (Å²) in [6.45, 7) is 4.31. The SMILES string of the molecule is COc1ccc(N2C(=O)c3cc(-c4ccco4)nn3CC2(C)C(=O)NCc2ccc(C)cc2)cc1. The van der Waals surface area contributed by atoms with Crippen molar-refractivity contribution in [3.63, 3.8) is 0 Å². The van der Waals surface area contributed by atoms with Gasteiger partial charge in [0.05, 0.1) is 19.9 Å². The molecule has 1 N–H and O–H groups in total. The summed E-state index contributed by atoms with van der Waals surface area (Å²) in [5.74, 6) is 0.623. The molecule has 0 aliphatic carbocycles. The summed E-state index contributed by atoms with van der Waals surface area (Å²) in [5.41, 5.74) is 2.42. The van der Waals surface area contributed by atoms with Crippen LogP contribution in [0.5, 0.6) is 5.75 Å². The quantitative estimate of drug-likeness (QED) is 0.456. The van der Waals surface area contributed by atoms with E-state index in [9.17, 15) is 9.59 Å². The number of nitrogens with zero attached hydrogens (tertiary/aromatic N) is 3. The minimum absolute atomic E-state index is 0.181. The fourth-order valence-corrected chi connectivity index (χ4v) is 4.34. The third-order valence-electron chi connectivity index (χ3n) is 6.32. The van der Waals surface area contributed by atoms with Gasteiger partial charge in [0.1, 0.15) is 22.7 Å². The number of aryl methyl sites for hydroxylation is 1. The van der Waals surface area contributed by atoms with Gasteiger partial charge in [0, 0.05) is 18.3 Å². The highest BCUT2D eigenvalue weighted by Gasteiger charge is 2.49. The second kappa shape index (κ2) is 8.79. The van der Waals surface area contributed by atoms with E-state index in [1.54, 1.807) is 72.3 Å². The molecular weight excluding hydrogens is 444 g/mol. The number of ether oxygens (including phenoxy) is 1. The summed E-state index contributed by atoms with van der Waals surface area (Å²) in [6, 6.07) is 20.3. The van der Waals surface area contributed by atoms with E-state index in [4.69, 9.17) is 9.15 Å². The summed E-state index contributed by atoms with van der Waals surface area (Å²) in [6.07, 6.45) is 1.56. The molecule has 1 aliphatic heterocycles. The Morgan fingerprint density at radius 2 is 1.89 bits per heavy atom. The highest BCUT2D eigenvalue weighted by atomic mass is 16.5. The van der Waals surface area contributed by atoms with Gasteiger partial charge in [-0.3, -0.25) is 19.2 Å². The van der Waals surface area contributed by atoms with E-state index in [-0.39, 0.29) is 18.4 Å². The molecule has 0 saturated heterocycles. The van der Waals surface area contributed by atoms with Gasteiger partial charge >= 0.3 is 0 Å². The fraction of sp³-hybridized carbons (Fsp3) is 0.222. The van der Waals surface area contributed by atoms with E-state index in [0.29, 0.717) is 35.1 Å². The average Bonchev–Trinajstić information content (AvgIpc) is 3.54. The maximum atomic E-state index is 13.8. The fourth-order valence-electron chi connectivity index (χ4n) is 4.34. The molecule has 5 rings (SSSR count). The molecule has 4 aromatic rings. The maximum absolute atomic E-state index is 13.8. The summed E-state index contributed by atoms with van der Waals surface area (Å²) in [7, 11) is 1.58. The minimum atomic E-state index is -1.23. The lowest BCUT2D eigenvalue weighted by Gasteiger charge is -2.43. The van der Waals surface area contributed by atoms with E-state index in [1.807, 2.05) is 31.2 Å². The van der Waals surface area contributed by atoms with Crippen molar-refractivity contribution in [2.75, 3.05) is 12.0 Å². The van der Waals surface area contributed by atoms with Crippen LogP contribution < -0.4 is 15.0 Å².